The van der Waals surface area contributed by atoms with Crippen molar-refractivity contribution in [3.63, 3.8) is 0 Å². The Morgan fingerprint density at radius 2 is 0.913 bits per heavy atom. The quantitative estimate of drug-likeness (QED) is 0.142. The molecule has 0 saturated heterocycles. The van der Waals surface area contributed by atoms with Crippen molar-refractivity contribution >= 4 is 32.3 Å². The number of fused-ring (bicyclic) bond motifs is 3. The molecule has 8 aromatic carbocycles. The lowest BCUT2D eigenvalue weighted by molar-refractivity contribution is 1.26. The van der Waals surface area contributed by atoms with Gasteiger partial charge in [-0.2, -0.15) is 0 Å². The van der Waals surface area contributed by atoms with Crippen molar-refractivity contribution in [3.8, 4) is 44.5 Å². The minimum atomic E-state index is 0.982. The SMILES string of the molecule is C/C=C\C.Cc1ccc(-c2ccc3ccc4c(-c5ccccc5-c5cccc6c5Cc5ccccc5-6)ccc5ccc2c3c54)cc1. The van der Waals surface area contributed by atoms with Crippen LogP contribution in [-0.4, -0.2) is 0 Å². The van der Waals surface area contributed by atoms with E-state index in [1.807, 2.05) is 26.0 Å². The first kappa shape index (κ1) is 28.0. The van der Waals surface area contributed by atoms with Gasteiger partial charge in [0.1, 0.15) is 0 Å². The topological polar surface area (TPSA) is 0 Å². The largest absolute Gasteiger partial charge is 0.0919 e. The molecule has 0 heterocycles. The molecule has 0 aromatic heterocycles. The van der Waals surface area contributed by atoms with E-state index in [-0.39, 0.29) is 0 Å². The summed E-state index contributed by atoms with van der Waals surface area (Å²) in [6.07, 6.45) is 4.98. The highest BCUT2D eigenvalue weighted by Gasteiger charge is 2.23. The summed E-state index contributed by atoms with van der Waals surface area (Å²) < 4.78 is 0. The van der Waals surface area contributed by atoms with E-state index in [0.29, 0.717) is 0 Å². The zero-order valence-corrected chi connectivity index (χ0v) is 26.6. The molecule has 220 valence electrons. The second-order valence-electron chi connectivity index (χ2n) is 12.4. The maximum atomic E-state index is 2.34. The summed E-state index contributed by atoms with van der Waals surface area (Å²) in [6.45, 7) is 6.15. The molecular formula is C46H36. The first-order chi connectivity index (χ1) is 22.7. The molecule has 1 aliphatic rings. The lowest BCUT2D eigenvalue weighted by Gasteiger charge is -2.19. The molecule has 46 heavy (non-hydrogen) atoms. The maximum Gasteiger partial charge on any atom is -0.000728 e. The molecule has 8 aromatic rings. The summed E-state index contributed by atoms with van der Waals surface area (Å²) in [7, 11) is 0. The van der Waals surface area contributed by atoms with Gasteiger partial charge in [0, 0.05) is 0 Å². The highest BCUT2D eigenvalue weighted by atomic mass is 14.3. The molecule has 0 radical (unpaired) electrons. The predicted octanol–water partition coefficient (Wildman–Crippen LogP) is 13.0. The molecule has 0 spiro atoms. The summed E-state index contributed by atoms with van der Waals surface area (Å²) in [5, 5.41) is 7.94. The Balaban J connectivity index is 0.000000740. The zero-order valence-electron chi connectivity index (χ0n) is 26.6. The normalized spacial score (nSPS) is 12.1. The average molecular weight is 589 g/mol. The van der Waals surface area contributed by atoms with Crippen LogP contribution in [0.1, 0.15) is 30.5 Å². The fraction of sp³-hybridized carbons (Fsp3) is 0.0870. The van der Waals surface area contributed by atoms with Crippen LogP contribution in [0.5, 0.6) is 0 Å². The van der Waals surface area contributed by atoms with Gasteiger partial charge >= 0.3 is 0 Å². The fourth-order valence-corrected chi connectivity index (χ4v) is 7.38. The van der Waals surface area contributed by atoms with Gasteiger partial charge in [-0.15, -0.1) is 0 Å². The van der Waals surface area contributed by atoms with Gasteiger partial charge < -0.3 is 0 Å². The van der Waals surface area contributed by atoms with E-state index in [1.165, 1.54) is 93.5 Å². The van der Waals surface area contributed by atoms with Gasteiger partial charge in [-0.1, -0.05) is 157 Å². The standard InChI is InChI=1S/C42H28.C4H8/c1-26-13-15-27(16-14-26)32-21-17-28-20-24-39-37(22-18-29-19-23-38(32)41(28)42(29)39)35-10-5-4-9-34(35)36-12-6-11-33-31-8-3-2-7-30(31)25-40(33)36;1-3-4-2/h2-24H,25H2,1H3;3-4H,1-2H3/b;4-3-. The molecule has 0 N–H and O–H groups in total. The summed E-state index contributed by atoms with van der Waals surface area (Å²) in [4.78, 5) is 0. The van der Waals surface area contributed by atoms with Gasteiger partial charge in [0.25, 0.3) is 0 Å². The molecule has 0 atom stereocenters. The Hall–Kier alpha value is -5.46. The summed E-state index contributed by atoms with van der Waals surface area (Å²) in [5.74, 6) is 0. The minimum absolute atomic E-state index is 0.982. The van der Waals surface area contributed by atoms with E-state index in [2.05, 4.69) is 146 Å². The molecule has 0 fully saturated rings. The molecule has 0 aliphatic heterocycles. The van der Waals surface area contributed by atoms with Crippen LogP contribution in [0.25, 0.3) is 76.8 Å². The van der Waals surface area contributed by atoms with Crippen molar-refractivity contribution in [2.75, 3.05) is 0 Å². The van der Waals surface area contributed by atoms with Crippen LogP contribution >= 0.6 is 0 Å². The van der Waals surface area contributed by atoms with E-state index in [9.17, 15) is 0 Å². The Morgan fingerprint density at radius 3 is 1.57 bits per heavy atom. The minimum Gasteiger partial charge on any atom is -0.0919 e. The lowest BCUT2D eigenvalue weighted by atomic mass is 9.85. The van der Waals surface area contributed by atoms with E-state index < -0.39 is 0 Å². The molecule has 0 heteroatoms. The Labute approximate surface area is 271 Å². The van der Waals surface area contributed by atoms with Crippen LogP contribution < -0.4 is 0 Å². The van der Waals surface area contributed by atoms with Crippen molar-refractivity contribution in [1.82, 2.24) is 0 Å². The number of aryl methyl sites for hydroxylation is 1. The highest BCUT2D eigenvalue weighted by Crippen LogP contribution is 2.47. The van der Waals surface area contributed by atoms with E-state index in [4.69, 9.17) is 0 Å². The van der Waals surface area contributed by atoms with Crippen molar-refractivity contribution in [1.29, 1.82) is 0 Å². The zero-order chi connectivity index (χ0) is 31.2. The Bertz CT molecular complexity index is 2400. The maximum absolute atomic E-state index is 2.34. The third-order valence-corrected chi connectivity index (χ3v) is 9.72. The van der Waals surface area contributed by atoms with Crippen molar-refractivity contribution in [3.05, 3.63) is 168 Å². The molecule has 1 aliphatic carbocycles. The number of allylic oxidation sites excluding steroid dienone is 2. The van der Waals surface area contributed by atoms with Gasteiger partial charge in [0.15, 0.2) is 0 Å². The lowest BCUT2D eigenvalue weighted by Crippen LogP contribution is -1.93. The number of rotatable bonds is 3. The Kier molecular flexibility index (Phi) is 7.00. The number of hydrogen-bond acceptors (Lipinski definition) is 0. The summed E-state index contributed by atoms with van der Waals surface area (Å²) in [6, 6.07) is 52.1. The first-order valence-corrected chi connectivity index (χ1v) is 16.3. The molecule has 9 rings (SSSR count). The van der Waals surface area contributed by atoms with E-state index in [1.54, 1.807) is 0 Å². The van der Waals surface area contributed by atoms with Crippen LogP contribution in [-0.2, 0) is 6.42 Å². The van der Waals surface area contributed by atoms with Crippen molar-refractivity contribution in [2.24, 2.45) is 0 Å². The number of benzene rings is 8. The van der Waals surface area contributed by atoms with E-state index in [0.717, 1.165) is 6.42 Å². The van der Waals surface area contributed by atoms with Gasteiger partial charge in [-0.25, -0.2) is 0 Å². The third-order valence-electron chi connectivity index (χ3n) is 9.72. The molecule has 0 saturated carbocycles. The third kappa shape index (κ3) is 4.53. The van der Waals surface area contributed by atoms with E-state index >= 15 is 0 Å². The Morgan fingerprint density at radius 1 is 0.413 bits per heavy atom. The first-order valence-electron chi connectivity index (χ1n) is 16.3. The predicted molar refractivity (Wildman–Crippen MR) is 200 cm³/mol. The molecule has 0 unspecified atom stereocenters. The highest BCUT2D eigenvalue weighted by molar-refractivity contribution is 6.27. The van der Waals surface area contributed by atoms with Crippen LogP contribution in [0.15, 0.2) is 152 Å². The van der Waals surface area contributed by atoms with Crippen molar-refractivity contribution in [2.45, 2.75) is 27.2 Å². The molecule has 0 nitrogen and oxygen atoms in total. The summed E-state index contributed by atoms with van der Waals surface area (Å²) >= 11 is 0. The van der Waals surface area contributed by atoms with Gasteiger partial charge in [-0.3, -0.25) is 0 Å². The molecule has 0 bridgehead atoms. The van der Waals surface area contributed by atoms with Crippen LogP contribution in [0.3, 0.4) is 0 Å². The fourth-order valence-electron chi connectivity index (χ4n) is 7.38. The monoisotopic (exact) mass is 588 g/mol. The second kappa shape index (κ2) is 11.5. The van der Waals surface area contributed by atoms with Crippen LogP contribution in [0, 0.1) is 6.92 Å². The number of hydrogen-bond donors (Lipinski definition) is 0. The van der Waals surface area contributed by atoms with Gasteiger partial charge in [0.05, 0.1) is 0 Å². The average Bonchev–Trinajstić information content (AvgIpc) is 3.50. The smallest absolute Gasteiger partial charge is 0.000728 e. The van der Waals surface area contributed by atoms with Crippen molar-refractivity contribution < 1.29 is 0 Å². The van der Waals surface area contributed by atoms with Crippen LogP contribution in [0.2, 0.25) is 0 Å². The second-order valence-corrected chi connectivity index (χ2v) is 12.4. The van der Waals surface area contributed by atoms with Gasteiger partial charge in [-0.05, 0) is 115 Å². The van der Waals surface area contributed by atoms with Crippen LogP contribution in [0.4, 0.5) is 0 Å². The van der Waals surface area contributed by atoms with Gasteiger partial charge in [0.2, 0.25) is 0 Å². The summed E-state index contributed by atoms with van der Waals surface area (Å²) in [5.41, 5.74) is 14.7. The molecule has 0 amide bonds. The molecular weight excluding hydrogens is 553 g/mol.